The molecule has 0 bridgehead atoms. The summed E-state index contributed by atoms with van der Waals surface area (Å²) in [5.74, 6) is 0.732. The van der Waals surface area contributed by atoms with Crippen LogP contribution in [0.15, 0.2) is 12.1 Å². The summed E-state index contributed by atoms with van der Waals surface area (Å²) in [6.45, 7) is 9.49. The van der Waals surface area contributed by atoms with Crippen LogP contribution in [0, 0.1) is 11.3 Å². The van der Waals surface area contributed by atoms with Crippen molar-refractivity contribution in [2.24, 2.45) is 17.1 Å². The quantitative estimate of drug-likeness (QED) is 0.873. The summed E-state index contributed by atoms with van der Waals surface area (Å²) in [4.78, 5) is 2.43. The minimum absolute atomic E-state index is 0.0965. The Morgan fingerprint density at radius 1 is 1.45 bits per heavy atom. The molecule has 0 aliphatic heterocycles. The predicted molar refractivity (Wildman–Crippen MR) is 87.1 cm³/mol. The van der Waals surface area contributed by atoms with E-state index in [-0.39, 0.29) is 10.8 Å². The van der Waals surface area contributed by atoms with Gasteiger partial charge in [0.15, 0.2) is 0 Å². The average molecular weight is 295 g/mol. The van der Waals surface area contributed by atoms with Crippen LogP contribution in [0.25, 0.3) is 0 Å². The first-order valence-corrected chi connectivity index (χ1v) is 8.62. The Balaban J connectivity index is 2.21. The molecule has 0 aromatic carbocycles. The number of aliphatic hydroxyl groups excluding tert-OH is 1. The van der Waals surface area contributed by atoms with Crippen LogP contribution < -0.4 is 5.73 Å². The molecule has 2 nitrogen and oxygen atoms in total. The van der Waals surface area contributed by atoms with Gasteiger partial charge >= 0.3 is 0 Å². The number of hydrogen-bond acceptors (Lipinski definition) is 3. The molecule has 0 saturated heterocycles. The van der Waals surface area contributed by atoms with E-state index in [0.29, 0.717) is 6.54 Å². The van der Waals surface area contributed by atoms with Crippen LogP contribution in [0.5, 0.6) is 0 Å². The van der Waals surface area contributed by atoms with Crippen LogP contribution in [0.4, 0.5) is 0 Å². The molecule has 3 heteroatoms. The molecule has 114 valence electrons. The Bertz CT molecular complexity index is 448. The van der Waals surface area contributed by atoms with Crippen molar-refractivity contribution in [2.75, 3.05) is 6.54 Å². The topological polar surface area (TPSA) is 46.2 Å². The minimum atomic E-state index is -0.398. The van der Waals surface area contributed by atoms with Crippen LogP contribution in [0.3, 0.4) is 0 Å². The lowest BCUT2D eigenvalue weighted by Crippen LogP contribution is -2.34. The van der Waals surface area contributed by atoms with Crippen LogP contribution in [-0.4, -0.2) is 11.7 Å². The van der Waals surface area contributed by atoms with Crippen molar-refractivity contribution in [3.05, 3.63) is 21.9 Å². The first kappa shape index (κ1) is 16.0. The van der Waals surface area contributed by atoms with Gasteiger partial charge in [0.25, 0.3) is 0 Å². The lowest BCUT2D eigenvalue weighted by molar-refractivity contribution is 0.0329. The second-order valence-electron chi connectivity index (χ2n) is 7.44. The fraction of sp³-hybridized carbons (Fsp3) is 0.765. The number of thiophene rings is 1. The summed E-state index contributed by atoms with van der Waals surface area (Å²) < 4.78 is 0. The largest absolute Gasteiger partial charge is 0.387 e. The molecular formula is C17H29NOS. The SMILES string of the molecule is CCC1CCC(CN)(C(O)c2ccc(C(C)(C)C)s2)C1. The molecule has 1 aromatic heterocycles. The standard InChI is InChI=1S/C17H29NOS/c1-5-12-8-9-17(10-12,11-18)15(19)13-6-7-14(20-13)16(2,3)4/h6-7,12,15,19H,5,8-11,18H2,1-4H3. The highest BCUT2D eigenvalue weighted by molar-refractivity contribution is 7.12. The molecule has 0 amide bonds. The Hall–Kier alpha value is -0.380. The van der Waals surface area contributed by atoms with E-state index < -0.39 is 6.10 Å². The highest BCUT2D eigenvalue weighted by atomic mass is 32.1. The van der Waals surface area contributed by atoms with Crippen molar-refractivity contribution in [2.45, 2.75) is 64.9 Å². The van der Waals surface area contributed by atoms with Gasteiger partial charge in [-0.2, -0.15) is 0 Å². The van der Waals surface area contributed by atoms with Gasteiger partial charge in [0, 0.05) is 21.7 Å². The van der Waals surface area contributed by atoms with Crippen LogP contribution in [0.2, 0.25) is 0 Å². The van der Waals surface area contributed by atoms with Crippen molar-refractivity contribution in [1.82, 2.24) is 0 Å². The lowest BCUT2D eigenvalue weighted by atomic mass is 9.78. The molecule has 2 rings (SSSR count). The molecule has 20 heavy (non-hydrogen) atoms. The molecule has 1 aliphatic rings. The monoisotopic (exact) mass is 295 g/mol. The maximum atomic E-state index is 10.9. The van der Waals surface area contributed by atoms with E-state index in [2.05, 4.69) is 39.8 Å². The van der Waals surface area contributed by atoms with Crippen molar-refractivity contribution >= 4 is 11.3 Å². The third-order valence-electron chi connectivity index (χ3n) is 4.95. The van der Waals surface area contributed by atoms with E-state index in [4.69, 9.17) is 5.73 Å². The van der Waals surface area contributed by atoms with E-state index in [1.807, 2.05) is 0 Å². The summed E-state index contributed by atoms with van der Waals surface area (Å²) >= 11 is 1.75. The molecule has 0 radical (unpaired) electrons. The van der Waals surface area contributed by atoms with Gasteiger partial charge in [-0.15, -0.1) is 11.3 Å². The van der Waals surface area contributed by atoms with Crippen molar-refractivity contribution < 1.29 is 5.11 Å². The maximum Gasteiger partial charge on any atom is 0.0950 e. The summed E-state index contributed by atoms with van der Waals surface area (Å²) in [5, 5.41) is 10.9. The number of rotatable bonds is 4. The van der Waals surface area contributed by atoms with E-state index in [1.54, 1.807) is 11.3 Å². The summed E-state index contributed by atoms with van der Waals surface area (Å²) in [6, 6.07) is 4.27. The molecule has 1 aromatic rings. The van der Waals surface area contributed by atoms with E-state index in [9.17, 15) is 5.11 Å². The molecule has 3 N–H and O–H groups in total. The molecule has 3 atom stereocenters. The molecule has 1 heterocycles. The molecule has 1 aliphatic carbocycles. The first-order valence-electron chi connectivity index (χ1n) is 7.81. The van der Waals surface area contributed by atoms with Crippen LogP contribution in [-0.2, 0) is 5.41 Å². The second-order valence-corrected chi connectivity index (χ2v) is 8.55. The molecule has 1 saturated carbocycles. The fourth-order valence-corrected chi connectivity index (χ4v) is 4.56. The Morgan fingerprint density at radius 3 is 2.60 bits per heavy atom. The van der Waals surface area contributed by atoms with Gasteiger partial charge in [0.05, 0.1) is 6.10 Å². The minimum Gasteiger partial charge on any atom is -0.387 e. The zero-order valence-electron chi connectivity index (χ0n) is 13.3. The Kier molecular flexibility index (Phi) is 4.63. The molecule has 0 spiro atoms. The zero-order chi connectivity index (χ0) is 15.0. The van der Waals surface area contributed by atoms with E-state index in [0.717, 1.165) is 23.6 Å². The van der Waals surface area contributed by atoms with Gasteiger partial charge < -0.3 is 10.8 Å². The Labute approximate surface area is 127 Å². The van der Waals surface area contributed by atoms with E-state index >= 15 is 0 Å². The van der Waals surface area contributed by atoms with E-state index in [1.165, 1.54) is 17.7 Å². The van der Waals surface area contributed by atoms with Crippen molar-refractivity contribution in [1.29, 1.82) is 0 Å². The van der Waals surface area contributed by atoms with Crippen molar-refractivity contribution in [3.8, 4) is 0 Å². The zero-order valence-corrected chi connectivity index (χ0v) is 14.1. The Morgan fingerprint density at radius 2 is 2.15 bits per heavy atom. The van der Waals surface area contributed by atoms with Crippen LogP contribution >= 0.6 is 11.3 Å². The number of aliphatic hydroxyl groups is 1. The number of hydrogen-bond donors (Lipinski definition) is 2. The summed E-state index contributed by atoms with van der Waals surface area (Å²) in [7, 11) is 0. The smallest absolute Gasteiger partial charge is 0.0950 e. The molecule has 3 unspecified atom stereocenters. The summed E-state index contributed by atoms with van der Waals surface area (Å²) in [5.41, 5.74) is 6.12. The third-order valence-corrected chi connectivity index (χ3v) is 6.51. The fourth-order valence-electron chi connectivity index (χ4n) is 3.37. The predicted octanol–water partition coefficient (Wildman–Crippen LogP) is 4.23. The number of nitrogens with two attached hydrogens (primary N) is 1. The molecular weight excluding hydrogens is 266 g/mol. The van der Waals surface area contributed by atoms with Gasteiger partial charge in [-0.1, -0.05) is 34.1 Å². The highest BCUT2D eigenvalue weighted by Crippen LogP contribution is 2.51. The van der Waals surface area contributed by atoms with Crippen LogP contribution in [0.1, 0.15) is 69.2 Å². The van der Waals surface area contributed by atoms with Gasteiger partial charge in [-0.05, 0) is 42.7 Å². The van der Waals surface area contributed by atoms with Gasteiger partial charge in [0.1, 0.15) is 0 Å². The van der Waals surface area contributed by atoms with Gasteiger partial charge in [-0.3, -0.25) is 0 Å². The normalized spacial score (nSPS) is 28.8. The summed E-state index contributed by atoms with van der Waals surface area (Å²) in [6.07, 6.45) is 4.15. The third kappa shape index (κ3) is 2.95. The second kappa shape index (κ2) is 5.78. The first-order chi connectivity index (χ1) is 9.32. The van der Waals surface area contributed by atoms with Gasteiger partial charge in [-0.25, -0.2) is 0 Å². The average Bonchev–Trinajstić information content (AvgIpc) is 3.05. The lowest BCUT2D eigenvalue weighted by Gasteiger charge is -2.33. The van der Waals surface area contributed by atoms with Gasteiger partial charge in [0.2, 0.25) is 0 Å². The van der Waals surface area contributed by atoms with Crippen molar-refractivity contribution in [3.63, 3.8) is 0 Å². The maximum absolute atomic E-state index is 10.9. The highest BCUT2D eigenvalue weighted by Gasteiger charge is 2.44. The molecule has 1 fully saturated rings.